The summed E-state index contributed by atoms with van der Waals surface area (Å²) < 4.78 is 16.3. The van der Waals surface area contributed by atoms with Gasteiger partial charge in [-0.25, -0.2) is 4.98 Å². The Hall–Kier alpha value is -2.43. The molecule has 0 amide bonds. The molecule has 0 fully saturated rings. The average Bonchev–Trinajstić information content (AvgIpc) is 2.52. The molecule has 0 saturated carbocycles. The van der Waals surface area contributed by atoms with Crippen LogP contribution in [0.3, 0.4) is 0 Å². The summed E-state index contributed by atoms with van der Waals surface area (Å²) >= 11 is 0. The van der Waals surface area contributed by atoms with Crippen molar-refractivity contribution in [3.63, 3.8) is 0 Å². The number of aromatic nitrogens is 1. The van der Waals surface area contributed by atoms with Gasteiger partial charge >= 0.3 is 0 Å². The summed E-state index contributed by atoms with van der Waals surface area (Å²) in [6, 6.07) is 9.09. The number of benzene rings is 1. The smallest absolute Gasteiger partial charge is 0.134 e. The maximum atomic E-state index is 5.84. The molecule has 2 aromatic rings. The van der Waals surface area contributed by atoms with Gasteiger partial charge in [0.25, 0.3) is 0 Å². The van der Waals surface area contributed by atoms with Crippen LogP contribution in [0.5, 0.6) is 23.0 Å². The van der Waals surface area contributed by atoms with Gasteiger partial charge in [0.1, 0.15) is 28.8 Å². The lowest BCUT2D eigenvalue weighted by Crippen LogP contribution is -2.01. The van der Waals surface area contributed by atoms with Crippen molar-refractivity contribution in [2.45, 2.75) is 13.3 Å². The molecule has 0 atom stereocenters. The fourth-order valence-electron chi connectivity index (χ4n) is 1.80. The van der Waals surface area contributed by atoms with Crippen molar-refractivity contribution >= 4 is 5.82 Å². The monoisotopic (exact) mass is 288 g/mol. The van der Waals surface area contributed by atoms with Crippen LogP contribution in [-0.4, -0.2) is 25.7 Å². The molecule has 21 heavy (non-hydrogen) atoms. The first-order chi connectivity index (χ1) is 10.2. The number of nitrogens with zero attached hydrogens (tertiary/aromatic N) is 1. The molecule has 1 aromatic carbocycles. The highest BCUT2D eigenvalue weighted by Gasteiger charge is 2.05. The minimum Gasteiger partial charge on any atom is -0.496 e. The van der Waals surface area contributed by atoms with Gasteiger partial charge in [-0.05, 0) is 12.5 Å². The van der Waals surface area contributed by atoms with E-state index >= 15 is 0 Å². The van der Waals surface area contributed by atoms with Crippen molar-refractivity contribution in [1.82, 2.24) is 4.98 Å². The number of nitrogens with one attached hydrogen (secondary N) is 1. The minimum atomic E-state index is 0.652. The van der Waals surface area contributed by atoms with Crippen LogP contribution in [0.1, 0.15) is 13.3 Å². The standard InChI is InChI=1S/C16H20N2O3/c1-4-6-17-16-11-12(5-7-18-16)21-15-9-13(19-2)8-14(10-15)20-3/h5,7-11H,4,6H2,1-3H3,(H,17,18). The zero-order valence-corrected chi connectivity index (χ0v) is 12.6. The summed E-state index contributed by atoms with van der Waals surface area (Å²) in [5, 5.41) is 3.23. The van der Waals surface area contributed by atoms with E-state index in [1.807, 2.05) is 24.3 Å². The van der Waals surface area contributed by atoms with Crippen molar-refractivity contribution in [1.29, 1.82) is 0 Å². The Morgan fingerprint density at radius 2 is 1.62 bits per heavy atom. The minimum absolute atomic E-state index is 0.652. The van der Waals surface area contributed by atoms with E-state index in [1.165, 1.54) is 0 Å². The summed E-state index contributed by atoms with van der Waals surface area (Å²) in [6.07, 6.45) is 2.75. The number of anilines is 1. The van der Waals surface area contributed by atoms with Crippen molar-refractivity contribution in [2.75, 3.05) is 26.1 Å². The Bertz CT molecular complexity index is 565. The number of pyridine rings is 1. The number of methoxy groups -OCH3 is 2. The van der Waals surface area contributed by atoms with Gasteiger partial charge in [0.2, 0.25) is 0 Å². The predicted molar refractivity (Wildman–Crippen MR) is 82.6 cm³/mol. The number of hydrogen-bond donors (Lipinski definition) is 1. The molecule has 1 heterocycles. The van der Waals surface area contributed by atoms with E-state index < -0.39 is 0 Å². The highest BCUT2D eigenvalue weighted by molar-refractivity contribution is 5.46. The first-order valence-electron chi connectivity index (χ1n) is 6.86. The molecule has 0 radical (unpaired) electrons. The second-order valence-corrected chi connectivity index (χ2v) is 4.45. The summed E-state index contributed by atoms with van der Waals surface area (Å²) in [6.45, 7) is 2.99. The maximum Gasteiger partial charge on any atom is 0.134 e. The molecule has 0 aliphatic rings. The first-order valence-corrected chi connectivity index (χ1v) is 6.86. The Kier molecular flexibility index (Phi) is 5.26. The summed E-state index contributed by atoms with van der Waals surface area (Å²) in [5.41, 5.74) is 0. The van der Waals surface area contributed by atoms with E-state index in [1.54, 1.807) is 26.5 Å². The van der Waals surface area contributed by atoms with E-state index in [0.717, 1.165) is 18.8 Å². The molecule has 1 aromatic heterocycles. The second kappa shape index (κ2) is 7.38. The van der Waals surface area contributed by atoms with E-state index in [0.29, 0.717) is 23.0 Å². The number of ether oxygens (including phenoxy) is 3. The van der Waals surface area contributed by atoms with Gasteiger partial charge < -0.3 is 19.5 Å². The van der Waals surface area contributed by atoms with Crippen LogP contribution < -0.4 is 19.5 Å². The summed E-state index contributed by atoms with van der Waals surface area (Å²) in [5.74, 6) is 3.52. The third-order valence-electron chi connectivity index (χ3n) is 2.85. The van der Waals surface area contributed by atoms with E-state index in [2.05, 4.69) is 17.2 Å². The van der Waals surface area contributed by atoms with Gasteiger partial charge in [-0.1, -0.05) is 6.92 Å². The van der Waals surface area contributed by atoms with Gasteiger partial charge in [-0.2, -0.15) is 0 Å². The third kappa shape index (κ3) is 4.27. The van der Waals surface area contributed by atoms with Gasteiger partial charge in [0.15, 0.2) is 0 Å². The Morgan fingerprint density at radius 1 is 0.952 bits per heavy atom. The van der Waals surface area contributed by atoms with Crippen LogP contribution in [0.25, 0.3) is 0 Å². The fourth-order valence-corrected chi connectivity index (χ4v) is 1.80. The van der Waals surface area contributed by atoms with Crippen LogP contribution in [0, 0.1) is 0 Å². The zero-order valence-electron chi connectivity index (χ0n) is 12.6. The van der Waals surface area contributed by atoms with Crippen molar-refractivity contribution in [3.8, 4) is 23.0 Å². The van der Waals surface area contributed by atoms with Crippen LogP contribution in [0.2, 0.25) is 0 Å². The molecule has 2 rings (SSSR count). The molecular weight excluding hydrogens is 268 g/mol. The normalized spacial score (nSPS) is 10.0. The molecule has 0 aliphatic heterocycles. The Labute approximate surface area is 124 Å². The maximum absolute atomic E-state index is 5.84. The Balaban J connectivity index is 2.17. The SMILES string of the molecule is CCCNc1cc(Oc2cc(OC)cc(OC)c2)ccn1. The first kappa shape index (κ1) is 15.0. The van der Waals surface area contributed by atoms with Crippen LogP contribution in [0.4, 0.5) is 5.82 Å². The highest BCUT2D eigenvalue weighted by atomic mass is 16.5. The number of hydrogen-bond acceptors (Lipinski definition) is 5. The quantitative estimate of drug-likeness (QED) is 0.841. The zero-order chi connectivity index (χ0) is 15.1. The molecule has 5 heteroatoms. The van der Waals surface area contributed by atoms with E-state index in [-0.39, 0.29) is 0 Å². The topological polar surface area (TPSA) is 52.6 Å². The summed E-state index contributed by atoms with van der Waals surface area (Å²) in [7, 11) is 3.22. The van der Waals surface area contributed by atoms with E-state index in [9.17, 15) is 0 Å². The van der Waals surface area contributed by atoms with Crippen molar-refractivity contribution in [2.24, 2.45) is 0 Å². The van der Waals surface area contributed by atoms with Gasteiger partial charge in [0.05, 0.1) is 14.2 Å². The largest absolute Gasteiger partial charge is 0.496 e. The lowest BCUT2D eigenvalue weighted by atomic mass is 10.3. The van der Waals surface area contributed by atoms with E-state index in [4.69, 9.17) is 14.2 Å². The Morgan fingerprint density at radius 3 is 2.24 bits per heavy atom. The fraction of sp³-hybridized carbons (Fsp3) is 0.312. The van der Waals surface area contributed by atoms with Gasteiger partial charge in [-0.15, -0.1) is 0 Å². The van der Waals surface area contributed by atoms with Gasteiger partial charge in [0, 0.05) is 37.0 Å². The van der Waals surface area contributed by atoms with Crippen molar-refractivity contribution < 1.29 is 14.2 Å². The molecule has 0 aliphatic carbocycles. The molecule has 0 spiro atoms. The molecule has 0 saturated heterocycles. The second-order valence-electron chi connectivity index (χ2n) is 4.45. The molecule has 0 unspecified atom stereocenters. The molecular formula is C16H20N2O3. The highest BCUT2D eigenvalue weighted by Crippen LogP contribution is 2.31. The molecule has 0 bridgehead atoms. The van der Waals surface area contributed by atoms with Crippen LogP contribution in [-0.2, 0) is 0 Å². The van der Waals surface area contributed by atoms with Crippen LogP contribution in [0.15, 0.2) is 36.5 Å². The lowest BCUT2D eigenvalue weighted by molar-refractivity contribution is 0.386. The van der Waals surface area contributed by atoms with Crippen LogP contribution >= 0.6 is 0 Å². The third-order valence-corrected chi connectivity index (χ3v) is 2.85. The average molecular weight is 288 g/mol. The molecule has 5 nitrogen and oxygen atoms in total. The summed E-state index contributed by atoms with van der Waals surface area (Å²) in [4.78, 5) is 4.25. The van der Waals surface area contributed by atoms with Gasteiger partial charge in [-0.3, -0.25) is 0 Å². The molecule has 1 N–H and O–H groups in total. The predicted octanol–water partition coefficient (Wildman–Crippen LogP) is 3.71. The number of rotatable bonds is 7. The molecule has 112 valence electrons. The van der Waals surface area contributed by atoms with Crippen molar-refractivity contribution in [3.05, 3.63) is 36.5 Å². The lowest BCUT2D eigenvalue weighted by Gasteiger charge is -2.11.